The summed E-state index contributed by atoms with van der Waals surface area (Å²) in [5.41, 5.74) is 3.03. The SMILES string of the molecule is CCc1nn(CC)c(CC(=O)Cc2cccc(Br)c2)c1Br. The molecule has 0 spiro atoms. The van der Waals surface area contributed by atoms with Crippen LogP contribution in [0.5, 0.6) is 0 Å². The molecule has 21 heavy (non-hydrogen) atoms. The second kappa shape index (κ2) is 7.36. The van der Waals surface area contributed by atoms with Crippen LogP contribution in [0.2, 0.25) is 0 Å². The van der Waals surface area contributed by atoms with E-state index in [1.807, 2.05) is 35.9 Å². The molecule has 0 bridgehead atoms. The number of aryl methyl sites for hydroxylation is 2. The maximum atomic E-state index is 12.3. The molecule has 1 heterocycles. The molecule has 0 aliphatic heterocycles. The van der Waals surface area contributed by atoms with E-state index < -0.39 is 0 Å². The predicted octanol–water partition coefficient (Wildman–Crippen LogP) is 4.34. The molecule has 2 aromatic rings. The van der Waals surface area contributed by atoms with Gasteiger partial charge < -0.3 is 0 Å². The summed E-state index contributed by atoms with van der Waals surface area (Å²) in [6, 6.07) is 7.88. The lowest BCUT2D eigenvalue weighted by Gasteiger charge is -2.05. The van der Waals surface area contributed by atoms with E-state index >= 15 is 0 Å². The van der Waals surface area contributed by atoms with Gasteiger partial charge in [-0.05, 0) is 47.0 Å². The smallest absolute Gasteiger partial charge is 0.143 e. The molecule has 112 valence electrons. The Bertz CT molecular complexity index is 650. The van der Waals surface area contributed by atoms with Crippen LogP contribution in [0.3, 0.4) is 0 Å². The number of ketones is 1. The molecule has 0 aliphatic rings. The van der Waals surface area contributed by atoms with Crippen molar-refractivity contribution in [2.45, 2.75) is 39.7 Å². The van der Waals surface area contributed by atoms with Crippen LogP contribution in [-0.4, -0.2) is 15.6 Å². The molecule has 5 heteroatoms. The fourth-order valence-corrected chi connectivity index (χ4v) is 3.46. The average molecular weight is 414 g/mol. The average Bonchev–Trinajstić information content (AvgIpc) is 2.75. The zero-order chi connectivity index (χ0) is 15.4. The van der Waals surface area contributed by atoms with Crippen LogP contribution in [0.15, 0.2) is 33.2 Å². The number of benzene rings is 1. The Morgan fingerprint density at radius 1 is 1.24 bits per heavy atom. The van der Waals surface area contributed by atoms with Gasteiger partial charge in [-0.2, -0.15) is 5.10 Å². The second-order valence-corrected chi connectivity index (χ2v) is 6.61. The van der Waals surface area contributed by atoms with Gasteiger partial charge in [-0.3, -0.25) is 9.48 Å². The lowest BCUT2D eigenvalue weighted by atomic mass is 10.1. The Labute approximate surface area is 142 Å². The Hall–Kier alpha value is -0.940. The van der Waals surface area contributed by atoms with E-state index in [4.69, 9.17) is 0 Å². The topological polar surface area (TPSA) is 34.9 Å². The van der Waals surface area contributed by atoms with Crippen molar-refractivity contribution in [1.82, 2.24) is 9.78 Å². The van der Waals surface area contributed by atoms with Crippen LogP contribution in [-0.2, 0) is 30.6 Å². The van der Waals surface area contributed by atoms with Crippen molar-refractivity contribution in [3.05, 3.63) is 50.2 Å². The zero-order valence-corrected chi connectivity index (χ0v) is 15.4. The van der Waals surface area contributed by atoms with Gasteiger partial charge in [0.2, 0.25) is 0 Å². The fraction of sp³-hybridized carbons (Fsp3) is 0.375. The van der Waals surface area contributed by atoms with Crippen LogP contribution in [0.4, 0.5) is 0 Å². The molecule has 0 radical (unpaired) electrons. The normalized spacial score (nSPS) is 10.9. The molecule has 0 fully saturated rings. The molecule has 0 atom stereocenters. The molecule has 2 rings (SSSR count). The number of nitrogens with zero attached hydrogens (tertiary/aromatic N) is 2. The number of rotatable bonds is 6. The van der Waals surface area contributed by atoms with Crippen LogP contribution < -0.4 is 0 Å². The number of hydrogen-bond donors (Lipinski definition) is 0. The molecule has 1 aromatic heterocycles. The first-order valence-corrected chi connectivity index (χ1v) is 8.63. The lowest BCUT2D eigenvalue weighted by Crippen LogP contribution is -2.12. The van der Waals surface area contributed by atoms with E-state index in [2.05, 4.69) is 43.9 Å². The van der Waals surface area contributed by atoms with Gasteiger partial charge in [0.25, 0.3) is 0 Å². The Morgan fingerprint density at radius 3 is 2.62 bits per heavy atom. The first-order chi connectivity index (χ1) is 10.0. The van der Waals surface area contributed by atoms with Gasteiger partial charge in [0.05, 0.1) is 15.9 Å². The van der Waals surface area contributed by atoms with E-state index in [-0.39, 0.29) is 5.78 Å². The molecule has 0 saturated carbocycles. The lowest BCUT2D eigenvalue weighted by molar-refractivity contribution is -0.117. The van der Waals surface area contributed by atoms with Crippen molar-refractivity contribution in [3.8, 4) is 0 Å². The molecule has 0 unspecified atom stereocenters. The highest BCUT2D eigenvalue weighted by Gasteiger charge is 2.17. The molecule has 0 amide bonds. The number of carbonyl (C=O) groups excluding carboxylic acids is 1. The van der Waals surface area contributed by atoms with Crippen molar-refractivity contribution in [1.29, 1.82) is 0 Å². The van der Waals surface area contributed by atoms with Gasteiger partial charge in [-0.15, -0.1) is 0 Å². The minimum Gasteiger partial charge on any atom is -0.299 e. The van der Waals surface area contributed by atoms with E-state index in [0.717, 1.165) is 38.9 Å². The van der Waals surface area contributed by atoms with E-state index in [1.54, 1.807) is 0 Å². The maximum Gasteiger partial charge on any atom is 0.143 e. The minimum absolute atomic E-state index is 0.200. The largest absolute Gasteiger partial charge is 0.299 e. The van der Waals surface area contributed by atoms with Crippen molar-refractivity contribution in [2.75, 3.05) is 0 Å². The van der Waals surface area contributed by atoms with Gasteiger partial charge in [-0.1, -0.05) is 35.0 Å². The third-order valence-electron chi connectivity index (χ3n) is 3.35. The molecule has 3 nitrogen and oxygen atoms in total. The number of carbonyl (C=O) groups is 1. The van der Waals surface area contributed by atoms with E-state index in [1.165, 1.54) is 0 Å². The van der Waals surface area contributed by atoms with Gasteiger partial charge in [-0.25, -0.2) is 0 Å². The molecule has 0 aliphatic carbocycles. The zero-order valence-electron chi connectivity index (χ0n) is 12.2. The van der Waals surface area contributed by atoms with E-state index in [9.17, 15) is 4.79 Å². The molecule has 0 saturated heterocycles. The Balaban J connectivity index is 2.14. The number of Topliss-reactive ketones (excluding diaryl/α,β-unsaturated/α-hetero) is 1. The minimum atomic E-state index is 0.200. The fourth-order valence-electron chi connectivity index (χ4n) is 2.31. The molecule has 0 N–H and O–H groups in total. The number of hydrogen-bond acceptors (Lipinski definition) is 2. The second-order valence-electron chi connectivity index (χ2n) is 4.90. The van der Waals surface area contributed by atoms with Crippen molar-refractivity contribution in [3.63, 3.8) is 0 Å². The van der Waals surface area contributed by atoms with Crippen molar-refractivity contribution < 1.29 is 4.79 Å². The van der Waals surface area contributed by atoms with Crippen LogP contribution in [0, 0.1) is 0 Å². The monoisotopic (exact) mass is 412 g/mol. The summed E-state index contributed by atoms with van der Waals surface area (Å²) in [5.74, 6) is 0.200. The highest BCUT2D eigenvalue weighted by atomic mass is 79.9. The highest BCUT2D eigenvalue weighted by Crippen LogP contribution is 2.23. The van der Waals surface area contributed by atoms with Crippen molar-refractivity contribution in [2.24, 2.45) is 0 Å². The quantitative estimate of drug-likeness (QED) is 0.705. The third kappa shape index (κ3) is 4.04. The number of aromatic nitrogens is 2. The summed E-state index contributed by atoms with van der Waals surface area (Å²) in [6.45, 7) is 4.89. The Kier molecular flexibility index (Phi) is 5.76. The summed E-state index contributed by atoms with van der Waals surface area (Å²) in [6.07, 6.45) is 1.72. The summed E-state index contributed by atoms with van der Waals surface area (Å²) < 4.78 is 3.90. The van der Waals surface area contributed by atoms with E-state index in [0.29, 0.717) is 12.8 Å². The standard InChI is InChI=1S/C16H18Br2N2O/c1-3-14-16(18)15(20(4-2)19-14)10-13(21)9-11-6-5-7-12(17)8-11/h5-8H,3-4,9-10H2,1-2H3. The van der Waals surface area contributed by atoms with Crippen LogP contribution in [0.25, 0.3) is 0 Å². The van der Waals surface area contributed by atoms with Crippen LogP contribution >= 0.6 is 31.9 Å². The molecule has 1 aromatic carbocycles. The first kappa shape index (κ1) is 16.4. The summed E-state index contributed by atoms with van der Waals surface area (Å²) in [4.78, 5) is 12.3. The summed E-state index contributed by atoms with van der Waals surface area (Å²) in [7, 11) is 0. The van der Waals surface area contributed by atoms with Gasteiger partial charge in [0.15, 0.2) is 0 Å². The highest BCUT2D eigenvalue weighted by molar-refractivity contribution is 9.10. The maximum absolute atomic E-state index is 12.3. The Morgan fingerprint density at radius 2 is 2.00 bits per heavy atom. The van der Waals surface area contributed by atoms with Gasteiger partial charge >= 0.3 is 0 Å². The van der Waals surface area contributed by atoms with Gasteiger partial charge in [0.1, 0.15) is 5.78 Å². The summed E-state index contributed by atoms with van der Waals surface area (Å²) in [5, 5.41) is 4.53. The predicted molar refractivity (Wildman–Crippen MR) is 91.5 cm³/mol. The van der Waals surface area contributed by atoms with Crippen LogP contribution in [0.1, 0.15) is 30.8 Å². The van der Waals surface area contributed by atoms with Gasteiger partial charge in [0, 0.05) is 23.9 Å². The number of halogens is 2. The molecular formula is C16H18Br2N2O. The summed E-state index contributed by atoms with van der Waals surface area (Å²) >= 11 is 7.02. The molecular weight excluding hydrogens is 396 g/mol. The first-order valence-electron chi connectivity index (χ1n) is 7.05. The van der Waals surface area contributed by atoms with Crippen molar-refractivity contribution >= 4 is 37.6 Å². The third-order valence-corrected chi connectivity index (χ3v) is 4.76.